The van der Waals surface area contributed by atoms with Crippen molar-refractivity contribution in [2.75, 3.05) is 19.6 Å². The van der Waals surface area contributed by atoms with E-state index in [9.17, 15) is 4.79 Å². The van der Waals surface area contributed by atoms with Crippen LogP contribution in [0.1, 0.15) is 43.1 Å². The number of aromatic nitrogens is 1. The lowest BCUT2D eigenvalue weighted by molar-refractivity contribution is 0.0726. The Kier molecular flexibility index (Phi) is 5.28. The zero-order chi connectivity index (χ0) is 13.7. The molecule has 1 saturated heterocycles. The number of rotatable bonds is 5. The van der Waals surface area contributed by atoms with E-state index in [2.05, 4.69) is 17.2 Å². The van der Waals surface area contributed by atoms with E-state index in [-0.39, 0.29) is 5.91 Å². The van der Waals surface area contributed by atoms with Crippen LogP contribution in [0.25, 0.3) is 0 Å². The summed E-state index contributed by atoms with van der Waals surface area (Å²) in [6.07, 6.45) is 6.26. The van der Waals surface area contributed by atoms with Crippen LogP contribution >= 0.6 is 11.6 Å². The van der Waals surface area contributed by atoms with Crippen LogP contribution in [0.2, 0.25) is 5.02 Å². The third kappa shape index (κ3) is 3.98. The van der Waals surface area contributed by atoms with E-state index in [1.165, 1.54) is 12.8 Å². The van der Waals surface area contributed by atoms with Gasteiger partial charge in [-0.05, 0) is 31.9 Å². The molecule has 0 aliphatic carbocycles. The fraction of sp³-hybridized carbons (Fsp3) is 0.643. The Bertz CT molecular complexity index is 413. The third-order valence-electron chi connectivity index (χ3n) is 3.51. The normalized spacial score (nSPS) is 19.4. The van der Waals surface area contributed by atoms with Gasteiger partial charge in [0.1, 0.15) is 5.69 Å². The van der Waals surface area contributed by atoms with Crippen molar-refractivity contribution in [3.05, 3.63) is 23.0 Å². The Morgan fingerprint density at radius 3 is 2.95 bits per heavy atom. The Morgan fingerprint density at radius 1 is 1.53 bits per heavy atom. The number of nitrogens with zero attached hydrogens (tertiary/aromatic N) is 1. The van der Waals surface area contributed by atoms with Gasteiger partial charge in [-0.1, -0.05) is 24.9 Å². The van der Waals surface area contributed by atoms with Gasteiger partial charge in [0.15, 0.2) is 0 Å². The monoisotopic (exact) mass is 283 g/mol. The average Bonchev–Trinajstić information content (AvgIpc) is 2.85. The fourth-order valence-electron chi connectivity index (χ4n) is 2.55. The minimum atomic E-state index is 0.0427. The van der Waals surface area contributed by atoms with Crippen LogP contribution < -0.4 is 5.32 Å². The van der Waals surface area contributed by atoms with E-state index in [0.717, 1.165) is 32.5 Å². The molecule has 0 aromatic carbocycles. The number of hydrogen-bond acceptors (Lipinski definition) is 2. The number of hydrogen-bond donors (Lipinski definition) is 2. The molecule has 1 unspecified atom stereocenters. The number of nitrogens with one attached hydrogen (secondary N) is 2. The first-order valence-electron chi connectivity index (χ1n) is 7.07. The van der Waals surface area contributed by atoms with E-state index in [1.807, 2.05) is 4.90 Å². The van der Waals surface area contributed by atoms with Crippen LogP contribution in [0.15, 0.2) is 12.3 Å². The molecule has 1 fully saturated rings. The SMILES string of the molecule is CCCN(CC1CCCCN1)C(=O)c1cc(Cl)c[nH]1. The lowest BCUT2D eigenvalue weighted by Gasteiger charge is -2.30. The molecular weight excluding hydrogens is 262 g/mol. The van der Waals surface area contributed by atoms with Crippen LogP contribution in [-0.4, -0.2) is 41.5 Å². The summed E-state index contributed by atoms with van der Waals surface area (Å²) in [5, 5.41) is 4.07. The lowest BCUT2D eigenvalue weighted by Crippen LogP contribution is -2.46. The molecule has 1 aliphatic heterocycles. The van der Waals surface area contributed by atoms with Crippen molar-refractivity contribution in [3.8, 4) is 0 Å². The molecule has 4 nitrogen and oxygen atoms in total. The molecule has 0 bridgehead atoms. The minimum absolute atomic E-state index is 0.0427. The molecule has 2 rings (SSSR count). The standard InChI is InChI=1S/C14H22ClN3O/c1-2-7-18(10-12-5-3-4-6-16-12)14(19)13-8-11(15)9-17-13/h8-9,12,16-17H,2-7,10H2,1H3. The summed E-state index contributed by atoms with van der Waals surface area (Å²) in [7, 11) is 0. The van der Waals surface area contributed by atoms with Gasteiger partial charge < -0.3 is 15.2 Å². The van der Waals surface area contributed by atoms with Crippen molar-refractivity contribution >= 4 is 17.5 Å². The van der Waals surface area contributed by atoms with E-state index in [4.69, 9.17) is 11.6 Å². The van der Waals surface area contributed by atoms with Gasteiger partial charge in [-0.3, -0.25) is 4.79 Å². The first-order chi connectivity index (χ1) is 9.20. The number of amides is 1. The molecule has 106 valence electrons. The zero-order valence-corrected chi connectivity index (χ0v) is 12.2. The summed E-state index contributed by atoms with van der Waals surface area (Å²) in [6, 6.07) is 2.12. The van der Waals surface area contributed by atoms with Crippen molar-refractivity contribution in [2.24, 2.45) is 0 Å². The molecule has 5 heteroatoms. The first kappa shape index (κ1) is 14.4. The van der Waals surface area contributed by atoms with E-state index in [0.29, 0.717) is 16.8 Å². The minimum Gasteiger partial charge on any atom is -0.356 e. The van der Waals surface area contributed by atoms with Crippen LogP contribution in [0, 0.1) is 0 Å². The highest BCUT2D eigenvalue weighted by atomic mass is 35.5. The van der Waals surface area contributed by atoms with E-state index < -0.39 is 0 Å². The number of carbonyl (C=O) groups excluding carboxylic acids is 1. The maximum Gasteiger partial charge on any atom is 0.270 e. The quantitative estimate of drug-likeness (QED) is 0.873. The number of aromatic amines is 1. The first-order valence-corrected chi connectivity index (χ1v) is 7.45. The number of piperidine rings is 1. The maximum atomic E-state index is 12.4. The Balaban J connectivity index is 1.99. The van der Waals surface area contributed by atoms with Crippen LogP contribution in [0.3, 0.4) is 0 Å². The second kappa shape index (κ2) is 6.96. The lowest BCUT2D eigenvalue weighted by atomic mass is 10.0. The molecule has 1 atom stereocenters. The summed E-state index contributed by atoms with van der Waals surface area (Å²) >= 11 is 5.86. The van der Waals surface area contributed by atoms with E-state index in [1.54, 1.807) is 12.3 Å². The molecule has 0 spiro atoms. The second-order valence-electron chi connectivity index (χ2n) is 5.13. The molecule has 0 saturated carbocycles. The van der Waals surface area contributed by atoms with Gasteiger partial charge >= 0.3 is 0 Å². The Labute approximate surface area is 119 Å². The van der Waals surface area contributed by atoms with Crippen LogP contribution in [-0.2, 0) is 0 Å². The second-order valence-corrected chi connectivity index (χ2v) is 5.57. The highest BCUT2D eigenvalue weighted by molar-refractivity contribution is 6.30. The summed E-state index contributed by atoms with van der Waals surface area (Å²) in [4.78, 5) is 17.3. The van der Waals surface area contributed by atoms with Gasteiger partial charge in [0.25, 0.3) is 5.91 Å². The van der Waals surface area contributed by atoms with Crippen molar-refractivity contribution in [3.63, 3.8) is 0 Å². The average molecular weight is 284 g/mol. The predicted octanol–water partition coefficient (Wildman–Crippen LogP) is 2.66. The van der Waals surface area contributed by atoms with Crippen molar-refractivity contribution in [2.45, 2.75) is 38.6 Å². The molecule has 1 aromatic rings. The smallest absolute Gasteiger partial charge is 0.270 e. The van der Waals surface area contributed by atoms with Crippen LogP contribution in [0.5, 0.6) is 0 Å². The van der Waals surface area contributed by atoms with Gasteiger partial charge in [0, 0.05) is 25.3 Å². The molecule has 1 aromatic heterocycles. The third-order valence-corrected chi connectivity index (χ3v) is 3.73. The van der Waals surface area contributed by atoms with Gasteiger partial charge in [-0.25, -0.2) is 0 Å². The summed E-state index contributed by atoms with van der Waals surface area (Å²) in [5.74, 6) is 0.0427. The molecule has 19 heavy (non-hydrogen) atoms. The zero-order valence-electron chi connectivity index (χ0n) is 11.4. The maximum absolute atomic E-state index is 12.4. The number of carbonyl (C=O) groups is 1. The highest BCUT2D eigenvalue weighted by Crippen LogP contribution is 2.14. The van der Waals surface area contributed by atoms with Gasteiger partial charge in [-0.2, -0.15) is 0 Å². The van der Waals surface area contributed by atoms with Crippen LogP contribution in [0.4, 0.5) is 0 Å². The molecule has 1 aliphatic rings. The number of halogens is 1. The molecule has 2 N–H and O–H groups in total. The van der Waals surface area contributed by atoms with Gasteiger partial charge in [0.05, 0.1) is 5.02 Å². The van der Waals surface area contributed by atoms with E-state index >= 15 is 0 Å². The Hall–Kier alpha value is -1.00. The molecule has 0 radical (unpaired) electrons. The summed E-state index contributed by atoms with van der Waals surface area (Å²) in [5.41, 5.74) is 0.578. The van der Waals surface area contributed by atoms with Gasteiger partial charge in [0.2, 0.25) is 0 Å². The van der Waals surface area contributed by atoms with Gasteiger partial charge in [-0.15, -0.1) is 0 Å². The topological polar surface area (TPSA) is 48.1 Å². The van der Waals surface area contributed by atoms with Crippen molar-refractivity contribution in [1.29, 1.82) is 0 Å². The highest BCUT2D eigenvalue weighted by Gasteiger charge is 2.21. The molecular formula is C14H22ClN3O. The number of H-pyrrole nitrogens is 1. The Morgan fingerprint density at radius 2 is 2.37 bits per heavy atom. The summed E-state index contributed by atoms with van der Waals surface area (Å²) < 4.78 is 0. The predicted molar refractivity (Wildman–Crippen MR) is 77.6 cm³/mol. The fourth-order valence-corrected chi connectivity index (χ4v) is 2.72. The van der Waals surface area contributed by atoms with Crippen molar-refractivity contribution in [1.82, 2.24) is 15.2 Å². The summed E-state index contributed by atoms with van der Waals surface area (Å²) in [6.45, 7) is 4.72. The molecule has 2 heterocycles. The molecule has 1 amide bonds. The van der Waals surface area contributed by atoms with Crippen molar-refractivity contribution < 1.29 is 4.79 Å². The largest absolute Gasteiger partial charge is 0.356 e.